The van der Waals surface area contributed by atoms with Gasteiger partial charge in [0.15, 0.2) is 0 Å². The van der Waals surface area contributed by atoms with Crippen LogP contribution in [0, 0.1) is 5.92 Å². The van der Waals surface area contributed by atoms with Gasteiger partial charge in [-0.2, -0.15) is 0 Å². The maximum Gasteiger partial charge on any atom is 0.0322 e. The summed E-state index contributed by atoms with van der Waals surface area (Å²) < 4.78 is 0. The Morgan fingerprint density at radius 2 is 1.88 bits per heavy atom. The predicted molar refractivity (Wildman–Crippen MR) is 70.3 cm³/mol. The van der Waals surface area contributed by atoms with E-state index in [9.17, 15) is 0 Å². The molecule has 1 atom stereocenters. The average molecular weight is 220 g/mol. The SMILES string of the molecule is CC(C)CC(NCCCN)c1ccccc1. The van der Waals surface area contributed by atoms with Gasteiger partial charge in [-0.3, -0.25) is 0 Å². The summed E-state index contributed by atoms with van der Waals surface area (Å²) in [6.45, 7) is 6.29. The Balaban J connectivity index is 2.56. The quantitative estimate of drug-likeness (QED) is 0.693. The summed E-state index contributed by atoms with van der Waals surface area (Å²) in [7, 11) is 0. The van der Waals surface area contributed by atoms with Crippen molar-refractivity contribution in [3.05, 3.63) is 35.9 Å². The first kappa shape index (κ1) is 13.2. The minimum atomic E-state index is 0.466. The third-order valence-corrected chi connectivity index (χ3v) is 2.68. The Morgan fingerprint density at radius 1 is 1.19 bits per heavy atom. The normalized spacial score (nSPS) is 13.0. The number of benzene rings is 1. The molecule has 0 aliphatic heterocycles. The van der Waals surface area contributed by atoms with Crippen LogP contribution in [0.15, 0.2) is 30.3 Å². The van der Waals surface area contributed by atoms with E-state index < -0.39 is 0 Å². The summed E-state index contributed by atoms with van der Waals surface area (Å²) in [4.78, 5) is 0. The second kappa shape index (κ2) is 7.42. The lowest BCUT2D eigenvalue weighted by atomic mass is 9.97. The fourth-order valence-corrected chi connectivity index (χ4v) is 1.87. The molecule has 2 nitrogen and oxygen atoms in total. The number of nitrogens with one attached hydrogen (secondary N) is 1. The minimum absolute atomic E-state index is 0.466. The van der Waals surface area contributed by atoms with E-state index in [1.165, 1.54) is 12.0 Å². The summed E-state index contributed by atoms with van der Waals surface area (Å²) in [5, 5.41) is 3.59. The molecule has 2 heteroatoms. The molecular weight excluding hydrogens is 196 g/mol. The second-order valence-corrected chi connectivity index (χ2v) is 4.69. The number of rotatable bonds is 7. The monoisotopic (exact) mass is 220 g/mol. The van der Waals surface area contributed by atoms with Gasteiger partial charge in [0.2, 0.25) is 0 Å². The van der Waals surface area contributed by atoms with Gasteiger partial charge in [0, 0.05) is 6.04 Å². The summed E-state index contributed by atoms with van der Waals surface area (Å²) in [6.07, 6.45) is 2.22. The van der Waals surface area contributed by atoms with Gasteiger partial charge in [-0.25, -0.2) is 0 Å². The number of hydrogen-bond acceptors (Lipinski definition) is 2. The second-order valence-electron chi connectivity index (χ2n) is 4.69. The summed E-state index contributed by atoms with van der Waals surface area (Å²) >= 11 is 0. The molecule has 0 aliphatic carbocycles. The maximum atomic E-state index is 5.51. The molecule has 1 aromatic rings. The lowest BCUT2D eigenvalue weighted by molar-refractivity contribution is 0.428. The Bertz CT molecular complexity index is 269. The highest BCUT2D eigenvalue weighted by Crippen LogP contribution is 2.20. The van der Waals surface area contributed by atoms with Crippen molar-refractivity contribution in [2.75, 3.05) is 13.1 Å². The predicted octanol–water partition coefficient (Wildman–Crippen LogP) is 2.71. The van der Waals surface area contributed by atoms with Crippen LogP contribution < -0.4 is 11.1 Å². The third-order valence-electron chi connectivity index (χ3n) is 2.68. The molecule has 1 aromatic carbocycles. The van der Waals surface area contributed by atoms with Gasteiger partial charge in [0.1, 0.15) is 0 Å². The molecule has 1 rings (SSSR count). The van der Waals surface area contributed by atoms with Crippen LogP contribution >= 0.6 is 0 Å². The van der Waals surface area contributed by atoms with E-state index in [-0.39, 0.29) is 0 Å². The van der Waals surface area contributed by atoms with Crippen molar-refractivity contribution in [3.8, 4) is 0 Å². The Hall–Kier alpha value is -0.860. The lowest BCUT2D eigenvalue weighted by Gasteiger charge is -2.21. The van der Waals surface area contributed by atoms with Crippen LogP contribution in [0.5, 0.6) is 0 Å². The van der Waals surface area contributed by atoms with Crippen molar-refractivity contribution in [1.82, 2.24) is 5.32 Å². The van der Waals surface area contributed by atoms with Gasteiger partial charge in [0.25, 0.3) is 0 Å². The van der Waals surface area contributed by atoms with Gasteiger partial charge in [0.05, 0.1) is 0 Å². The van der Waals surface area contributed by atoms with Crippen LogP contribution in [0.3, 0.4) is 0 Å². The fraction of sp³-hybridized carbons (Fsp3) is 0.571. The zero-order chi connectivity index (χ0) is 11.8. The average Bonchev–Trinajstić information content (AvgIpc) is 2.29. The topological polar surface area (TPSA) is 38.0 Å². The van der Waals surface area contributed by atoms with E-state index in [1.54, 1.807) is 0 Å². The van der Waals surface area contributed by atoms with E-state index >= 15 is 0 Å². The van der Waals surface area contributed by atoms with Crippen molar-refractivity contribution in [2.45, 2.75) is 32.7 Å². The lowest BCUT2D eigenvalue weighted by Crippen LogP contribution is -2.25. The van der Waals surface area contributed by atoms with Gasteiger partial charge < -0.3 is 11.1 Å². The zero-order valence-electron chi connectivity index (χ0n) is 10.4. The van der Waals surface area contributed by atoms with Crippen LogP contribution in [-0.4, -0.2) is 13.1 Å². The van der Waals surface area contributed by atoms with Crippen molar-refractivity contribution in [1.29, 1.82) is 0 Å². The summed E-state index contributed by atoms with van der Waals surface area (Å²) in [5.74, 6) is 0.704. The van der Waals surface area contributed by atoms with E-state index in [4.69, 9.17) is 5.73 Å². The van der Waals surface area contributed by atoms with Crippen molar-refractivity contribution in [2.24, 2.45) is 11.7 Å². The maximum absolute atomic E-state index is 5.51. The van der Waals surface area contributed by atoms with Gasteiger partial charge >= 0.3 is 0 Å². The molecule has 0 radical (unpaired) electrons. The number of nitrogens with two attached hydrogens (primary N) is 1. The molecule has 16 heavy (non-hydrogen) atoms. The highest BCUT2D eigenvalue weighted by Gasteiger charge is 2.11. The van der Waals surface area contributed by atoms with Crippen molar-refractivity contribution in [3.63, 3.8) is 0 Å². The van der Waals surface area contributed by atoms with Gasteiger partial charge in [-0.1, -0.05) is 44.2 Å². The van der Waals surface area contributed by atoms with Crippen LogP contribution in [0.1, 0.15) is 38.3 Å². The van der Waals surface area contributed by atoms with Crippen molar-refractivity contribution < 1.29 is 0 Å². The highest BCUT2D eigenvalue weighted by molar-refractivity contribution is 5.18. The zero-order valence-corrected chi connectivity index (χ0v) is 10.4. The van der Waals surface area contributed by atoms with Gasteiger partial charge in [-0.05, 0) is 37.4 Å². The number of hydrogen-bond donors (Lipinski definition) is 2. The van der Waals surface area contributed by atoms with Crippen molar-refractivity contribution >= 4 is 0 Å². The first-order chi connectivity index (χ1) is 7.74. The van der Waals surface area contributed by atoms with E-state index in [2.05, 4.69) is 49.5 Å². The first-order valence-electron chi connectivity index (χ1n) is 6.22. The summed E-state index contributed by atoms with van der Waals surface area (Å²) in [5.41, 5.74) is 6.90. The Morgan fingerprint density at radius 3 is 2.44 bits per heavy atom. The summed E-state index contributed by atoms with van der Waals surface area (Å²) in [6, 6.07) is 11.1. The van der Waals surface area contributed by atoms with Crippen LogP contribution in [0.4, 0.5) is 0 Å². The molecule has 0 aliphatic rings. The van der Waals surface area contributed by atoms with Crippen LogP contribution in [0.2, 0.25) is 0 Å². The molecule has 1 unspecified atom stereocenters. The molecule has 0 saturated carbocycles. The van der Waals surface area contributed by atoms with E-state index in [0.717, 1.165) is 19.5 Å². The Labute approximate surface area is 99.2 Å². The first-order valence-corrected chi connectivity index (χ1v) is 6.22. The molecule has 90 valence electrons. The molecule has 0 saturated heterocycles. The van der Waals surface area contributed by atoms with Crippen LogP contribution in [-0.2, 0) is 0 Å². The molecule has 3 N–H and O–H groups in total. The smallest absolute Gasteiger partial charge is 0.0322 e. The molecule has 0 spiro atoms. The molecule has 0 fully saturated rings. The Kier molecular flexibility index (Phi) is 6.12. The van der Waals surface area contributed by atoms with Gasteiger partial charge in [-0.15, -0.1) is 0 Å². The largest absolute Gasteiger partial charge is 0.330 e. The van der Waals surface area contributed by atoms with Crippen LogP contribution in [0.25, 0.3) is 0 Å². The molecule has 0 aromatic heterocycles. The third kappa shape index (κ3) is 4.77. The minimum Gasteiger partial charge on any atom is -0.330 e. The van der Waals surface area contributed by atoms with E-state index in [0.29, 0.717) is 12.0 Å². The molecule has 0 amide bonds. The molecular formula is C14H24N2. The highest BCUT2D eigenvalue weighted by atomic mass is 14.9. The fourth-order valence-electron chi connectivity index (χ4n) is 1.87. The molecule has 0 heterocycles. The molecule has 0 bridgehead atoms. The van der Waals surface area contributed by atoms with E-state index in [1.807, 2.05) is 0 Å². The standard InChI is InChI=1S/C14H24N2/c1-12(2)11-14(16-10-6-9-15)13-7-4-3-5-8-13/h3-5,7-8,12,14,16H,6,9-11,15H2,1-2H3.